The molecule has 1 N–H and O–H groups in total. The van der Waals surface area contributed by atoms with Crippen molar-refractivity contribution in [1.29, 1.82) is 0 Å². The highest BCUT2D eigenvalue weighted by Crippen LogP contribution is 2.36. The van der Waals surface area contributed by atoms with Gasteiger partial charge < -0.3 is 72.3 Å². The fourth-order valence-electron chi connectivity index (χ4n) is 16.0. The van der Waals surface area contributed by atoms with E-state index in [-0.39, 0.29) is 54.4 Å². The fourth-order valence-corrected chi connectivity index (χ4v) is 18.1. The summed E-state index contributed by atoms with van der Waals surface area (Å²) >= 11 is 31.2. The number of nitrogens with one attached hydrogen (secondary N) is 1. The lowest BCUT2D eigenvalue weighted by Gasteiger charge is -2.38. The molecule has 0 aliphatic carbocycles. The Bertz CT molecular complexity index is 4480. The molecule has 628 valence electrons. The van der Waals surface area contributed by atoms with Crippen LogP contribution in [0.25, 0.3) is 0 Å². The number of halogens is 6. The van der Waals surface area contributed by atoms with Crippen LogP contribution in [0.15, 0.2) is 175 Å². The van der Waals surface area contributed by atoms with Gasteiger partial charge in [0, 0.05) is 134 Å². The summed E-state index contributed by atoms with van der Waals surface area (Å²) in [7, 11) is 3.33. The SMILES string of the molecule is COc1ccc(COc2cc(N3C[C@@H](C)O[C@H](C)C3)cc(Cl)n2)cc1.COc1ccc(COc2cc(N3C[C@@H](C)O[C@H](C)C3)cc(N3CCCCCC3Cc3ccccc3)n2)cc1.C[C@@H]1CN(c2cc(Cl)nc(Cl)c2)C[C@@H](C)O1.C[C@@H]1CN(c2cc(N3CCCCCC3Cc3ccccc3)[nH]c(=O)c2)C[C@@H](C)O1.Clc1cc(I)cc(Cl)n1. The van der Waals surface area contributed by atoms with Crippen molar-refractivity contribution in [3.05, 3.63) is 232 Å². The van der Waals surface area contributed by atoms with Gasteiger partial charge in [0.2, 0.25) is 11.8 Å². The largest absolute Gasteiger partial charge is 0.497 e. The number of H-pyrrole nitrogens is 1. The van der Waals surface area contributed by atoms with E-state index in [1.54, 1.807) is 32.4 Å². The second-order valence-electron chi connectivity index (χ2n) is 31.2. The van der Waals surface area contributed by atoms with Gasteiger partial charge in [-0.25, -0.2) is 15.0 Å². The number of nitrogens with zero attached hydrogens (tertiary/aromatic N) is 10. The lowest BCUT2D eigenvalue weighted by atomic mass is 10.0. The van der Waals surface area contributed by atoms with Gasteiger partial charge >= 0.3 is 0 Å². The van der Waals surface area contributed by atoms with E-state index in [4.69, 9.17) is 101 Å². The predicted molar refractivity (Wildman–Crippen MR) is 485 cm³/mol. The molecule has 15 rings (SSSR count). The molecule has 0 saturated carbocycles. The van der Waals surface area contributed by atoms with Gasteiger partial charge in [-0.3, -0.25) is 4.79 Å². The van der Waals surface area contributed by atoms with E-state index in [0.29, 0.717) is 62.8 Å². The van der Waals surface area contributed by atoms with Gasteiger partial charge in [-0.15, -0.1) is 0 Å². The Balaban J connectivity index is 0.000000152. The normalized spacial score (nSPS) is 22.2. The number of hydrogen-bond acceptors (Lipinski definition) is 19. The molecule has 0 spiro atoms. The van der Waals surface area contributed by atoms with Crippen molar-refractivity contribution in [1.82, 2.24) is 24.9 Å². The first-order chi connectivity index (χ1) is 56.4. The number of hydrogen-bond donors (Lipinski definition) is 1. The summed E-state index contributed by atoms with van der Waals surface area (Å²) in [5.41, 5.74) is 9.03. The van der Waals surface area contributed by atoms with Crippen LogP contribution in [0.2, 0.25) is 25.8 Å². The van der Waals surface area contributed by atoms with Crippen molar-refractivity contribution < 1.29 is 37.9 Å². The number of ether oxygens (including phenoxy) is 8. The van der Waals surface area contributed by atoms with Crippen LogP contribution < -0.4 is 53.9 Å². The Morgan fingerprint density at radius 2 is 0.744 bits per heavy atom. The summed E-state index contributed by atoms with van der Waals surface area (Å²) in [4.78, 5) is 47.0. The molecule has 9 aromatic rings. The topological polar surface area (TPSA) is 178 Å². The number of morpholine rings is 4. The first-order valence-corrected chi connectivity index (χ1v) is 43.9. The van der Waals surface area contributed by atoms with Gasteiger partial charge in [-0.2, -0.15) is 4.98 Å². The molecule has 20 nitrogen and oxygen atoms in total. The Hall–Kier alpha value is -7.55. The first-order valence-electron chi connectivity index (χ1n) is 40.9. The highest BCUT2D eigenvalue weighted by atomic mass is 127. The third kappa shape index (κ3) is 28.8. The number of aromatic nitrogens is 5. The third-order valence-corrected chi connectivity index (χ3v) is 22.6. The molecule has 0 bridgehead atoms. The smallest absolute Gasteiger partial charge is 0.251 e. The fraction of sp³-hybridized carbons (Fsp3) is 0.462. The molecule has 5 aromatic heterocycles. The second kappa shape index (κ2) is 45.2. The standard InChI is InChI=1S/C32H41N3O3.C24H33N3O2.C19H23ClN2O3.C11H14Cl2N2O.C5H2Cl2IN/c1-24-21-34(22-25(2)38-24)29-19-31(33-32(20-29)37-23-27-13-15-30(36-3)16-14-27)35-17-9-5-8-12-28(35)18-26-10-6-4-7-11-26;1-18-16-26(17-19(2)29-18)22-14-23(25-24(28)15-22)27-12-8-4-7-11-21(27)13-20-9-5-3-6-10-20;1-13-10-22(11-14(2)25-13)16-8-18(20)21-19(9-16)24-12-15-4-6-17(23-3)7-5-15;1-7-5-15(6-8(2)16-7)9-3-10(12)14-11(13)4-9;6-4-1-3(8)2-5(7)9-4/h4,6-7,10-11,13-16,19-20,24-25,28H,5,8-9,12,17-18,21-23H2,1-3H3;3,5-6,9-10,14-15,18-19,21H,4,7-8,11-13,16-17H2,1-2H3,(H,25,28);4-9,13-14H,10-12H2,1-3H3;3-4,7-8H,5-6H2,1-2H3;1-2H/t24-,25-,28?;18-,19-,21?;13-,14-;7-,8-;/m1111./s1. The lowest BCUT2D eigenvalue weighted by molar-refractivity contribution is -0.00550. The Morgan fingerprint density at radius 1 is 0.393 bits per heavy atom. The highest BCUT2D eigenvalue weighted by molar-refractivity contribution is 14.1. The molecular formula is C91H113Cl5IN11O9. The van der Waals surface area contributed by atoms with Crippen molar-refractivity contribution in [2.45, 2.75) is 194 Å². The minimum atomic E-state index is -0.0213. The van der Waals surface area contributed by atoms with Gasteiger partial charge in [0.15, 0.2) is 0 Å². The van der Waals surface area contributed by atoms with E-state index >= 15 is 0 Å². The molecular weight excluding hydrogens is 1700 g/mol. The molecule has 0 radical (unpaired) electrons. The molecule has 2 unspecified atom stereocenters. The summed E-state index contributed by atoms with van der Waals surface area (Å²) in [5.74, 6) is 4.83. The Kier molecular flexibility index (Phi) is 34.8. The van der Waals surface area contributed by atoms with E-state index in [1.165, 1.54) is 56.1 Å². The van der Waals surface area contributed by atoms with Crippen LogP contribution in [0.4, 0.5) is 34.4 Å². The number of rotatable bonds is 18. The molecule has 10 atom stereocenters. The first kappa shape index (κ1) is 90.2. The van der Waals surface area contributed by atoms with Crippen molar-refractivity contribution in [3.8, 4) is 23.3 Å². The van der Waals surface area contributed by atoms with E-state index in [2.05, 4.69) is 206 Å². The minimum Gasteiger partial charge on any atom is -0.497 e. The van der Waals surface area contributed by atoms with E-state index in [9.17, 15) is 4.79 Å². The summed E-state index contributed by atoms with van der Waals surface area (Å²) in [5, 5.41) is 2.15. The van der Waals surface area contributed by atoms with Gasteiger partial charge in [-0.1, -0.05) is 169 Å². The van der Waals surface area contributed by atoms with Gasteiger partial charge in [0.05, 0.1) is 63.1 Å². The molecule has 6 aliphatic rings. The quantitative estimate of drug-likeness (QED) is 0.0633. The number of methoxy groups -OCH3 is 2. The lowest BCUT2D eigenvalue weighted by Crippen LogP contribution is -2.46. The van der Waals surface area contributed by atoms with Crippen LogP contribution in [-0.2, 0) is 45.0 Å². The van der Waals surface area contributed by atoms with Crippen LogP contribution in [0.3, 0.4) is 0 Å². The number of anilines is 6. The maximum absolute atomic E-state index is 12.6. The zero-order valence-electron chi connectivity index (χ0n) is 68.9. The van der Waals surface area contributed by atoms with Gasteiger partial charge in [0.1, 0.15) is 62.1 Å². The zero-order chi connectivity index (χ0) is 82.9. The van der Waals surface area contributed by atoms with Crippen molar-refractivity contribution in [3.63, 3.8) is 0 Å². The molecule has 0 amide bonds. The van der Waals surface area contributed by atoms with Crippen molar-refractivity contribution in [2.24, 2.45) is 0 Å². The van der Waals surface area contributed by atoms with E-state index < -0.39 is 0 Å². The van der Waals surface area contributed by atoms with E-state index in [0.717, 1.165) is 145 Å². The van der Waals surface area contributed by atoms with Gasteiger partial charge in [-0.05, 0) is 193 Å². The zero-order valence-corrected chi connectivity index (χ0v) is 74.8. The average Bonchev–Trinajstić information content (AvgIpc) is 1.65. The summed E-state index contributed by atoms with van der Waals surface area (Å²) in [6, 6.07) is 57.4. The Labute approximate surface area is 730 Å². The van der Waals surface area contributed by atoms with E-state index in [1.807, 2.05) is 72.8 Å². The average molecular weight is 1810 g/mol. The summed E-state index contributed by atoms with van der Waals surface area (Å²) in [6.45, 7) is 26.4. The maximum Gasteiger partial charge on any atom is 0.251 e. The van der Waals surface area contributed by atoms with Crippen LogP contribution in [0.1, 0.15) is 129 Å². The number of benzene rings is 4. The molecule has 6 aliphatic heterocycles. The molecule has 11 heterocycles. The molecule has 4 aromatic carbocycles. The number of pyridine rings is 5. The second-order valence-corrected chi connectivity index (χ2v) is 34.4. The minimum absolute atomic E-state index is 0.0213. The number of aromatic amines is 1. The van der Waals surface area contributed by atoms with Crippen LogP contribution in [0, 0.1) is 3.57 Å². The van der Waals surface area contributed by atoms with Crippen LogP contribution >= 0.6 is 80.6 Å². The third-order valence-electron chi connectivity index (χ3n) is 21.0. The van der Waals surface area contributed by atoms with Crippen LogP contribution in [-0.4, -0.2) is 166 Å². The van der Waals surface area contributed by atoms with Gasteiger partial charge in [0.25, 0.3) is 5.56 Å². The van der Waals surface area contributed by atoms with Crippen molar-refractivity contribution in [2.75, 3.05) is 109 Å². The highest BCUT2D eigenvalue weighted by Gasteiger charge is 2.31. The molecule has 6 fully saturated rings. The summed E-state index contributed by atoms with van der Waals surface area (Å²) in [6.07, 6.45) is 13.3. The molecule has 117 heavy (non-hydrogen) atoms. The van der Waals surface area contributed by atoms with Crippen LogP contribution in [0.5, 0.6) is 23.3 Å². The monoisotopic (exact) mass is 1810 g/mol. The molecule has 6 saturated heterocycles. The Morgan fingerprint density at radius 3 is 1.15 bits per heavy atom. The van der Waals surface area contributed by atoms with Crippen molar-refractivity contribution >= 4 is 115 Å². The predicted octanol–water partition coefficient (Wildman–Crippen LogP) is 20.2. The maximum atomic E-state index is 12.6. The molecule has 26 heteroatoms. The summed E-state index contributed by atoms with van der Waals surface area (Å²) < 4.78 is 47.0.